The zero-order valence-corrected chi connectivity index (χ0v) is 39.4. The largest absolute Gasteiger partial charge is 0.491 e. The minimum atomic E-state index is 0.0531. The Labute approximate surface area is 359 Å². The summed E-state index contributed by atoms with van der Waals surface area (Å²) in [5.41, 5.74) is 1.80. The van der Waals surface area contributed by atoms with Crippen LogP contribution in [0.1, 0.15) is 208 Å². The van der Waals surface area contributed by atoms with Gasteiger partial charge in [-0.3, -0.25) is 0 Å². The number of unbranched alkanes of at least 4 members (excludes halogenated alkanes) is 21. The molecule has 1 aromatic carbocycles. The molecule has 2 heterocycles. The van der Waals surface area contributed by atoms with Crippen LogP contribution >= 0.6 is 0 Å². The monoisotopic (exact) mass is 821 g/mol. The highest BCUT2D eigenvalue weighted by molar-refractivity contribution is 5.31. The van der Waals surface area contributed by atoms with Gasteiger partial charge in [0.1, 0.15) is 24.6 Å². The van der Waals surface area contributed by atoms with Gasteiger partial charge in [-0.2, -0.15) is 0 Å². The summed E-state index contributed by atoms with van der Waals surface area (Å²) in [6, 6.07) is 8.34. The van der Waals surface area contributed by atoms with Crippen molar-refractivity contribution in [3.63, 3.8) is 0 Å². The molecule has 1 N–H and O–H groups in total. The highest BCUT2D eigenvalue weighted by atomic mass is 16.6. The zero-order valence-electron chi connectivity index (χ0n) is 39.4. The van der Waals surface area contributed by atoms with E-state index in [1.165, 1.54) is 153 Å². The van der Waals surface area contributed by atoms with E-state index >= 15 is 0 Å². The van der Waals surface area contributed by atoms with Gasteiger partial charge in [-0.25, -0.2) is 0 Å². The molecule has 0 bridgehead atoms. The molecule has 0 aromatic heterocycles. The first-order chi connectivity index (χ1) is 28.1. The summed E-state index contributed by atoms with van der Waals surface area (Å²) in [6.07, 6.45) is 34.2. The molecule has 1 aromatic rings. The smallest absolute Gasteiger partial charge is 0.119 e. The third kappa shape index (κ3) is 37.8. The van der Waals surface area contributed by atoms with E-state index in [0.717, 1.165) is 51.8 Å². The fourth-order valence-electron chi connectivity index (χ4n) is 7.49. The molecule has 0 spiro atoms. The van der Waals surface area contributed by atoms with Crippen molar-refractivity contribution in [2.24, 2.45) is 5.41 Å². The van der Waals surface area contributed by atoms with E-state index in [4.69, 9.17) is 33.5 Å². The number of benzene rings is 1. The predicted molar refractivity (Wildman–Crippen MR) is 246 cm³/mol. The van der Waals surface area contributed by atoms with Gasteiger partial charge in [-0.1, -0.05) is 195 Å². The molecule has 7 heteroatoms. The van der Waals surface area contributed by atoms with Crippen LogP contribution in [-0.2, 0) is 29.1 Å². The van der Waals surface area contributed by atoms with Crippen molar-refractivity contribution >= 4 is 0 Å². The second kappa shape index (κ2) is 37.5. The Morgan fingerprint density at radius 2 is 0.879 bits per heavy atom. The van der Waals surface area contributed by atoms with E-state index < -0.39 is 0 Å². The van der Waals surface area contributed by atoms with Crippen molar-refractivity contribution in [3.05, 3.63) is 29.8 Å². The fourth-order valence-corrected chi connectivity index (χ4v) is 7.49. The fraction of sp³-hybridized carbons (Fsp3) is 0.882. The number of hydrogen-bond acceptors (Lipinski definition) is 7. The molecule has 2 atom stereocenters. The molecule has 2 aliphatic rings. The predicted octanol–water partition coefficient (Wildman–Crippen LogP) is 13.6. The van der Waals surface area contributed by atoms with E-state index in [2.05, 4.69) is 60.6 Å². The second-order valence-electron chi connectivity index (χ2n) is 18.8. The van der Waals surface area contributed by atoms with Crippen molar-refractivity contribution in [1.82, 2.24) is 0 Å². The van der Waals surface area contributed by atoms with Gasteiger partial charge in [0, 0.05) is 13.2 Å². The first-order valence-electron chi connectivity index (χ1n) is 24.4. The van der Waals surface area contributed by atoms with Crippen molar-refractivity contribution in [1.29, 1.82) is 0 Å². The van der Waals surface area contributed by atoms with Crippen LogP contribution in [0.5, 0.6) is 5.75 Å². The molecule has 2 unspecified atom stereocenters. The third-order valence-electron chi connectivity index (χ3n) is 10.8. The summed E-state index contributed by atoms with van der Waals surface area (Å²) in [6.45, 7) is 22.7. The van der Waals surface area contributed by atoms with Crippen LogP contribution in [0.15, 0.2) is 24.3 Å². The van der Waals surface area contributed by atoms with E-state index in [9.17, 15) is 0 Å². The van der Waals surface area contributed by atoms with Gasteiger partial charge in [0.05, 0.1) is 46.2 Å². The number of ether oxygens (including phenoxy) is 6. The lowest BCUT2D eigenvalue weighted by molar-refractivity contribution is 0.0705. The molecule has 342 valence electrons. The lowest BCUT2D eigenvalue weighted by atomic mass is 9.72. The summed E-state index contributed by atoms with van der Waals surface area (Å²) < 4.78 is 32.0. The standard InChI is InChI=1S/C18H30O3.C17H34O2.C16H32O2/c1-17(2,3)14-18(4,5)15-6-8-16(9-7-15)21-13-12-20-11-10-19;1-2-3-4-5-6-7-8-9-10-11-12-13-14-18-15-17-16-19-17;1-2-3-4-5-6-7-8-9-10-11-12-13-17-14-16-15-18-16/h6-9,19H,10-14H2,1-5H3;17H,2-16H2,1H3;16H,2-15H2,1H3. The molecular weight excluding hydrogens is 725 g/mol. The van der Waals surface area contributed by atoms with Gasteiger partial charge in [-0.15, -0.1) is 0 Å². The number of aliphatic hydroxyl groups is 1. The van der Waals surface area contributed by atoms with Gasteiger partial charge < -0.3 is 33.5 Å². The minimum Gasteiger partial charge on any atom is -0.491 e. The minimum absolute atomic E-state index is 0.0531. The second-order valence-corrected chi connectivity index (χ2v) is 18.8. The van der Waals surface area contributed by atoms with Crippen molar-refractivity contribution < 1.29 is 33.5 Å². The average molecular weight is 821 g/mol. The number of hydrogen-bond donors (Lipinski definition) is 1. The molecule has 2 saturated heterocycles. The molecule has 0 radical (unpaired) electrons. The molecule has 2 fully saturated rings. The molecule has 3 rings (SSSR count). The molecule has 58 heavy (non-hydrogen) atoms. The Bertz CT molecular complexity index is 984. The molecule has 7 nitrogen and oxygen atoms in total. The van der Waals surface area contributed by atoms with Gasteiger partial charge >= 0.3 is 0 Å². The first kappa shape index (κ1) is 54.8. The molecular formula is C51H96O7. The summed E-state index contributed by atoms with van der Waals surface area (Å²) in [4.78, 5) is 0. The number of epoxide rings is 2. The Morgan fingerprint density at radius 3 is 1.22 bits per heavy atom. The summed E-state index contributed by atoms with van der Waals surface area (Å²) >= 11 is 0. The molecule has 0 saturated carbocycles. The van der Waals surface area contributed by atoms with Crippen LogP contribution in [0.2, 0.25) is 0 Å². The maximum absolute atomic E-state index is 8.60. The van der Waals surface area contributed by atoms with E-state index in [1.54, 1.807) is 0 Å². The van der Waals surface area contributed by atoms with Crippen molar-refractivity contribution in [2.45, 2.75) is 220 Å². The quantitative estimate of drug-likeness (QED) is 0.0529. The summed E-state index contributed by atoms with van der Waals surface area (Å²) in [5, 5.41) is 8.60. The Morgan fingerprint density at radius 1 is 0.500 bits per heavy atom. The van der Waals surface area contributed by atoms with Crippen LogP contribution in [0.25, 0.3) is 0 Å². The maximum atomic E-state index is 8.60. The van der Waals surface area contributed by atoms with E-state index in [-0.39, 0.29) is 12.0 Å². The topological polar surface area (TPSA) is 82.2 Å². The van der Waals surface area contributed by atoms with Gasteiger partial charge in [0.15, 0.2) is 0 Å². The molecule has 0 aliphatic carbocycles. The SMILES string of the molecule is CC(C)(C)CC(C)(C)c1ccc(OCCOCCO)cc1.CCCCCCCCCCCCCCOCC1CO1.CCCCCCCCCCCCCOCC1CO1. The summed E-state index contributed by atoms with van der Waals surface area (Å²) in [7, 11) is 0. The lowest BCUT2D eigenvalue weighted by Crippen LogP contribution is -2.24. The molecule has 0 amide bonds. The van der Waals surface area contributed by atoms with Gasteiger partial charge in [0.25, 0.3) is 0 Å². The first-order valence-corrected chi connectivity index (χ1v) is 24.4. The zero-order chi connectivity index (χ0) is 42.4. The highest BCUT2D eigenvalue weighted by Gasteiger charge is 2.27. The Hall–Kier alpha value is -1.22. The van der Waals surface area contributed by atoms with Gasteiger partial charge in [0.2, 0.25) is 0 Å². The van der Waals surface area contributed by atoms with Crippen LogP contribution < -0.4 is 4.74 Å². The lowest BCUT2D eigenvalue weighted by Gasteiger charge is -2.33. The number of rotatable bonds is 37. The highest BCUT2D eigenvalue weighted by Crippen LogP contribution is 2.36. The van der Waals surface area contributed by atoms with Crippen molar-refractivity contribution in [2.75, 3.05) is 66.1 Å². The van der Waals surface area contributed by atoms with Crippen LogP contribution in [0.4, 0.5) is 0 Å². The van der Waals surface area contributed by atoms with Crippen LogP contribution in [0.3, 0.4) is 0 Å². The third-order valence-corrected chi connectivity index (χ3v) is 10.8. The average Bonchev–Trinajstić information content (AvgIpc) is 4.14. The van der Waals surface area contributed by atoms with E-state index in [0.29, 0.717) is 37.4 Å². The van der Waals surface area contributed by atoms with E-state index in [1.807, 2.05) is 12.1 Å². The number of aliphatic hydroxyl groups excluding tert-OH is 1. The van der Waals surface area contributed by atoms with Crippen molar-refractivity contribution in [3.8, 4) is 5.75 Å². The van der Waals surface area contributed by atoms with Crippen LogP contribution in [0, 0.1) is 5.41 Å². The van der Waals surface area contributed by atoms with Gasteiger partial charge in [-0.05, 0) is 47.8 Å². The Balaban J connectivity index is 0.000000436. The maximum Gasteiger partial charge on any atom is 0.119 e. The van der Waals surface area contributed by atoms with Crippen LogP contribution in [-0.4, -0.2) is 83.4 Å². The normalized spacial score (nSPS) is 16.0. The Kier molecular flexibility index (Phi) is 35.5. The summed E-state index contributed by atoms with van der Waals surface area (Å²) in [5.74, 6) is 0.859. The molecule has 2 aliphatic heterocycles.